The minimum Gasteiger partial charge on any atom is -0.449 e. The highest BCUT2D eigenvalue weighted by atomic mass is 35.5. The highest BCUT2D eigenvalue weighted by molar-refractivity contribution is 8.25. The van der Waals surface area contributed by atoms with Gasteiger partial charge in [0.1, 0.15) is 6.10 Å². The van der Waals surface area contributed by atoms with E-state index in [9.17, 15) is 14.9 Å². The van der Waals surface area contributed by atoms with Gasteiger partial charge in [-0.3, -0.25) is 10.1 Å². The van der Waals surface area contributed by atoms with Gasteiger partial charge in [0.15, 0.2) is 0 Å². The first-order chi connectivity index (χ1) is 10.6. The number of nitro benzene ring substituents is 1. The molecule has 2 aliphatic heterocycles. The molecule has 5 nitrogen and oxygen atoms in total. The number of ether oxygens (including phenoxy) is 1. The predicted octanol–water partition coefficient (Wildman–Crippen LogP) is 4.01. The Morgan fingerprint density at radius 3 is 2.41 bits per heavy atom. The Morgan fingerprint density at radius 2 is 1.86 bits per heavy atom. The van der Waals surface area contributed by atoms with Gasteiger partial charge >= 0.3 is 5.97 Å². The second-order valence-corrected chi connectivity index (χ2v) is 7.42. The molecule has 0 bridgehead atoms. The van der Waals surface area contributed by atoms with Gasteiger partial charge in [-0.2, -0.15) is 0 Å². The number of hydrogen-bond donors (Lipinski definition) is 0. The molecule has 8 heteroatoms. The third-order valence-electron chi connectivity index (χ3n) is 3.16. The molecule has 0 N–H and O–H groups in total. The van der Waals surface area contributed by atoms with E-state index in [1.807, 2.05) is 0 Å². The lowest BCUT2D eigenvalue weighted by molar-refractivity contribution is -0.384. The van der Waals surface area contributed by atoms with Gasteiger partial charge in [0.25, 0.3) is 5.69 Å². The number of nitro groups is 1. The van der Waals surface area contributed by atoms with Gasteiger partial charge in [-0.15, -0.1) is 23.5 Å². The first-order valence-electron chi connectivity index (χ1n) is 6.39. The zero-order valence-electron chi connectivity index (χ0n) is 11.2. The first-order valence-corrected chi connectivity index (χ1v) is 8.74. The molecule has 0 saturated carbocycles. The summed E-state index contributed by atoms with van der Waals surface area (Å²) in [6, 6.07) is 5.88. The lowest BCUT2D eigenvalue weighted by atomic mass is 10.1. The van der Waals surface area contributed by atoms with Crippen molar-refractivity contribution in [2.45, 2.75) is 6.10 Å². The molecule has 3 rings (SSSR count). The molecular weight excluding hydrogens is 346 g/mol. The summed E-state index contributed by atoms with van der Waals surface area (Å²) in [5.41, 5.74) is 1.06. The minimum absolute atomic E-state index is 0.0116. The first kappa shape index (κ1) is 15.5. The Morgan fingerprint density at radius 1 is 1.23 bits per heavy atom. The van der Waals surface area contributed by atoms with Crippen LogP contribution in [-0.4, -0.2) is 22.4 Å². The van der Waals surface area contributed by atoms with Gasteiger partial charge in [0, 0.05) is 23.6 Å². The Bertz CT molecular complexity index is 691. The number of hydrogen-bond acceptors (Lipinski definition) is 6. The summed E-state index contributed by atoms with van der Waals surface area (Å²) >= 11 is 9.45. The van der Waals surface area contributed by atoms with Crippen molar-refractivity contribution in [1.29, 1.82) is 0 Å². The average molecular weight is 356 g/mol. The van der Waals surface area contributed by atoms with Crippen molar-refractivity contribution in [3.05, 3.63) is 60.9 Å². The largest absolute Gasteiger partial charge is 0.449 e. The fraction of sp³-hybridized carbons (Fsp3) is 0.214. The van der Waals surface area contributed by atoms with E-state index in [1.165, 1.54) is 12.1 Å². The van der Waals surface area contributed by atoms with Crippen molar-refractivity contribution < 1.29 is 14.5 Å². The topological polar surface area (TPSA) is 69.4 Å². The zero-order chi connectivity index (χ0) is 15.7. The van der Waals surface area contributed by atoms with Crippen molar-refractivity contribution in [1.82, 2.24) is 0 Å². The number of rotatable bonds is 2. The summed E-state index contributed by atoms with van der Waals surface area (Å²) in [4.78, 5) is 22.4. The van der Waals surface area contributed by atoms with Gasteiger partial charge in [-0.25, -0.2) is 4.79 Å². The fourth-order valence-corrected chi connectivity index (χ4v) is 5.05. The number of halogens is 1. The zero-order valence-corrected chi connectivity index (χ0v) is 13.5. The highest BCUT2D eigenvalue weighted by Crippen LogP contribution is 2.44. The Labute approximate surface area is 139 Å². The lowest BCUT2D eigenvalue weighted by Crippen LogP contribution is -2.18. The van der Waals surface area contributed by atoms with E-state index in [-0.39, 0.29) is 5.69 Å². The molecule has 0 radical (unpaired) electrons. The predicted molar refractivity (Wildman–Crippen MR) is 87.8 cm³/mol. The number of nitrogens with zero attached hydrogens (tertiary/aromatic N) is 1. The van der Waals surface area contributed by atoms with E-state index in [4.69, 9.17) is 16.3 Å². The van der Waals surface area contributed by atoms with Gasteiger partial charge in [0.05, 0.1) is 19.8 Å². The molecule has 0 aliphatic carbocycles. The summed E-state index contributed by atoms with van der Waals surface area (Å²) < 4.78 is 6.31. The lowest BCUT2D eigenvalue weighted by Gasteiger charge is -2.22. The van der Waals surface area contributed by atoms with Crippen LogP contribution in [0.3, 0.4) is 0 Å². The fourth-order valence-electron chi connectivity index (χ4n) is 2.11. The van der Waals surface area contributed by atoms with Crippen LogP contribution in [0.1, 0.15) is 11.7 Å². The number of benzene rings is 1. The second kappa shape index (κ2) is 6.36. The van der Waals surface area contributed by atoms with Crippen LogP contribution in [0.15, 0.2) is 45.2 Å². The van der Waals surface area contributed by atoms with Crippen LogP contribution in [0.4, 0.5) is 5.69 Å². The van der Waals surface area contributed by atoms with Crippen LogP contribution in [0.2, 0.25) is 0 Å². The maximum atomic E-state index is 12.2. The maximum absolute atomic E-state index is 12.2. The summed E-state index contributed by atoms with van der Waals surface area (Å²) in [7, 11) is 0. The van der Waals surface area contributed by atoms with Crippen molar-refractivity contribution in [3.63, 3.8) is 0 Å². The van der Waals surface area contributed by atoms with E-state index in [0.717, 1.165) is 15.7 Å². The van der Waals surface area contributed by atoms with Crippen molar-refractivity contribution >= 4 is 46.8 Å². The minimum atomic E-state index is -0.624. The van der Waals surface area contributed by atoms with Crippen LogP contribution in [0.5, 0.6) is 0 Å². The Kier molecular flexibility index (Phi) is 4.46. The average Bonchev–Trinajstić information content (AvgIpc) is 3.00. The van der Waals surface area contributed by atoms with Crippen LogP contribution < -0.4 is 0 Å². The number of esters is 1. The van der Waals surface area contributed by atoms with Crippen LogP contribution in [-0.2, 0) is 9.53 Å². The number of non-ortho nitro benzene ring substituents is 1. The third kappa shape index (κ3) is 3.02. The van der Waals surface area contributed by atoms with E-state index >= 15 is 0 Å². The van der Waals surface area contributed by atoms with E-state index in [2.05, 4.69) is 0 Å². The molecule has 1 atom stereocenters. The molecule has 114 valence electrons. The smallest absolute Gasteiger partial charge is 0.342 e. The normalized spacial score (nSPS) is 21.6. The van der Waals surface area contributed by atoms with Gasteiger partial charge in [0.2, 0.25) is 0 Å². The second-order valence-electron chi connectivity index (χ2n) is 4.55. The molecular formula is C14H10ClNO4S2. The third-order valence-corrected chi connectivity index (χ3v) is 6.19. The number of cyclic esters (lactones) is 1. The van der Waals surface area contributed by atoms with Crippen molar-refractivity contribution in [2.75, 3.05) is 11.5 Å². The van der Waals surface area contributed by atoms with Crippen molar-refractivity contribution in [3.8, 4) is 0 Å². The van der Waals surface area contributed by atoms with Gasteiger partial charge in [-0.05, 0) is 23.8 Å². The number of carbonyl (C=O) groups excluding carboxylic acids is 1. The molecule has 2 heterocycles. The molecule has 2 aliphatic rings. The SMILES string of the molecule is O=C1OC(c2ccc([N+](=O)[O-])cc2)C=C(Cl)C1=C1SCCS1. The molecule has 0 amide bonds. The molecule has 1 saturated heterocycles. The standard InChI is InChI=1S/C14H10ClNO4S2/c15-10-7-11(8-1-3-9(4-2-8)16(18)19)20-13(17)12(10)14-21-5-6-22-14/h1-4,7,11H,5-6H2. The van der Waals surface area contributed by atoms with Gasteiger partial charge < -0.3 is 4.74 Å². The maximum Gasteiger partial charge on any atom is 0.342 e. The van der Waals surface area contributed by atoms with E-state index in [0.29, 0.717) is 16.2 Å². The molecule has 22 heavy (non-hydrogen) atoms. The van der Waals surface area contributed by atoms with E-state index in [1.54, 1.807) is 41.7 Å². The summed E-state index contributed by atoms with van der Waals surface area (Å²) in [5.74, 6) is 1.45. The molecule has 1 fully saturated rings. The Balaban J connectivity index is 1.90. The van der Waals surface area contributed by atoms with Crippen molar-refractivity contribution in [2.24, 2.45) is 0 Å². The number of thioether (sulfide) groups is 2. The molecule has 1 unspecified atom stereocenters. The van der Waals surface area contributed by atoms with Crippen LogP contribution in [0.25, 0.3) is 0 Å². The van der Waals surface area contributed by atoms with E-state index < -0.39 is 17.0 Å². The molecule has 0 spiro atoms. The molecule has 0 aromatic heterocycles. The summed E-state index contributed by atoms with van der Waals surface area (Å²) in [6.07, 6.45) is 1.04. The molecule has 1 aromatic rings. The quantitative estimate of drug-likeness (QED) is 0.345. The van der Waals surface area contributed by atoms with Crippen LogP contribution >= 0.6 is 35.1 Å². The monoisotopic (exact) mass is 355 g/mol. The summed E-state index contributed by atoms with van der Waals surface area (Å²) in [5, 5.41) is 11.0. The van der Waals surface area contributed by atoms with Crippen LogP contribution in [0, 0.1) is 10.1 Å². The highest BCUT2D eigenvalue weighted by Gasteiger charge is 2.31. The summed E-state index contributed by atoms with van der Waals surface area (Å²) in [6.45, 7) is 0. The van der Waals surface area contributed by atoms with Gasteiger partial charge in [-0.1, -0.05) is 11.6 Å². The Hall–Kier alpha value is -1.44. The number of carbonyl (C=O) groups is 1. The molecule has 1 aromatic carbocycles.